The van der Waals surface area contributed by atoms with E-state index in [2.05, 4.69) is 31.4 Å². The summed E-state index contributed by atoms with van der Waals surface area (Å²) in [5.74, 6) is -3.00. The number of esters is 1. The van der Waals surface area contributed by atoms with Crippen molar-refractivity contribution in [2.45, 2.75) is 71.9 Å². The molecule has 0 fully saturated rings. The number of carbonyl (C=O) groups excluding carboxylic acids is 5. The lowest BCUT2D eigenvalue weighted by atomic mass is 9.88. The highest BCUT2D eigenvalue weighted by Gasteiger charge is 2.28. The van der Waals surface area contributed by atoms with Crippen LogP contribution in [-0.4, -0.2) is 65.5 Å². The van der Waals surface area contributed by atoms with Crippen LogP contribution in [0.2, 0.25) is 0 Å². The fourth-order valence-electron chi connectivity index (χ4n) is 5.76. The summed E-state index contributed by atoms with van der Waals surface area (Å²) in [5.41, 5.74) is 5.39. The number of carbonyl (C=O) groups is 5. The summed E-state index contributed by atoms with van der Waals surface area (Å²) in [4.78, 5) is 64.5. The Labute approximate surface area is 321 Å². The summed E-state index contributed by atoms with van der Waals surface area (Å²) in [6.07, 6.45) is 4.31. The third-order valence-corrected chi connectivity index (χ3v) is 8.72. The molecule has 0 saturated carbocycles. The van der Waals surface area contributed by atoms with E-state index in [1.54, 1.807) is 12.4 Å². The van der Waals surface area contributed by atoms with Gasteiger partial charge in [0, 0.05) is 68.2 Å². The molecule has 0 radical (unpaired) electrons. The third-order valence-electron chi connectivity index (χ3n) is 8.72. The van der Waals surface area contributed by atoms with Crippen LogP contribution >= 0.6 is 0 Å². The van der Waals surface area contributed by atoms with Gasteiger partial charge in [0.2, 0.25) is 11.8 Å². The van der Waals surface area contributed by atoms with Gasteiger partial charge in [0.15, 0.2) is 5.82 Å². The molecule has 55 heavy (non-hydrogen) atoms. The molecule has 13 heteroatoms. The van der Waals surface area contributed by atoms with Crippen molar-refractivity contribution in [3.05, 3.63) is 102 Å². The van der Waals surface area contributed by atoms with E-state index in [-0.39, 0.29) is 68.6 Å². The van der Waals surface area contributed by atoms with Crippen LogP contribution in [0.5, 0.6) is 0 Å². The average Bonchev–Trinajstić information content (AvgIpc) is 3.19. The van der Waals surface area contributed by atoms with Gasteiger partial charge < -0.3 is 24.9 Å². The van der Waals surface area contributed by atoms with Crippen molar-refractivity contribution in [1.82, 2.24) is 20.8 Å². The topological polar surface area (TPSA) is 178 Å². The molecule has 2 amide bonds. The maximum absolute atomic E-state index is 13.4. The van der Waals surface area contributed by atoms with Crippen molar-refractivity contribution in [2.24, 2.45) is 16.9 Å². The molecule has 2 atom stereocenters. The molecule has 3 N–H and O–H groups in total. The number of ketones is 2. The number of rotatable bonds is 24. The quantitative estimate of drug-likeness (QED) is 0.0348. The minimum absolute atomic E-state index is 0.0635. The molecule has 0 bridgehead atoms. The van der Waals surface area contributed by atoms with Crippen LogP contribution in [0.1, 0.15) is 75.5 Å². The highest BCUT2D eigenvalue weighted by molar-refractivity contribution is 5.92. The minimum Gasteiger partial charge on any atom is -0.461 e. The molecule has 0 aliphatic carbocycles. The van der Waals surface area contributed by atoms with Crippen molar-refractivity contribution in [3.63, 3.8) is 0 Å². The van der Waals surface area contributed by atoms with Gasteiger partial charge in [0.1, 0.15) is 18.2 Å². The second-order valence-corrected chi connectivity index (χ2v) is 13.3. The Balaban J connectivity index is 1.27. The van der Waals surface area contributed by atoms with Gasteiger partial charge in [0.05, 0.1) is 18.8 Å². The standard InChI is InChI=1S/C42H50N6O7/c1-3-21-54-22-9-20-43-42(53)34(25-40(52)55-29-33-10-5-4-6-11-33)18-19-38(50)36(23-30(2)49)24-39(51)44-26-31-14-16-32(17-15-31)27-45-47-41-37-13-8-7-12-35(37)28-46-48-41/h4-8,10-17,27-28,34,36H,3,9,18-26,29H2,1-2H3,(H,43,53)(H,44,51)(H,47,48). The van der Waals surface area contributed by atoms with Gasteiger partial charge in [-0.1, -0.05) is 85.8 Å². The molecule has 290 valence electrons. The zero-order valence-electron chi connectivity index (χ0n) is 31.5. The Hall–Kier alpha value is -5.82. The second-order valence-electron chi connectivity index (χ2n) is 13.3. The number of Topliss-reactive ketones (excluding diaryl/α,β-unsaturated/α-hetero) is 2. The van der Waals surface area contributed by atoms with Gasteiger partial charge in [0.25, 0.3) is 0 Å². The normalized spacial score (nSPS) is 12.2. The van der Waals surface area contributed by atoms with Gasteiger partial charge in [-0.15, -0.1) is 5.10 Å². The molecule has 2 unspecified atom stereocenters. The Morgan fingerprint density at radius 1 is 0.836 bits per heavy atom. The average molecular weight is 751 g/mol. The number of aromatic nitrogens is 2. The van der Waals surface area contributed by atoms with E-state index in [0.717, 1.165) is 33.9 Å². The monoisotopic (exact) mass is 750 g/mol. The van der Waals surface area contributed by atoms with Gasteiger partial charge in [-0.25, -0.2) is 0 Å². The number of benzene rings is 3. The predicted molar refractivity (Wildman–Crippen MR) is 210 cm³/mol. The number of nitrogens with zero attached hydrogens (tertiary/aromatic N) is 3. The molecular formula is C42H50N6O7. The maximum Gasteiger partial charge on any atom is 0.306 e. The summed E-state index contributed by atoms with van der Waals surface area (Å²) in [6, 6.07) is 24.3. The van der Waals surface area contributed by atoms with Crippen LogP contribution in [0.4, 0.5) is 5.82 Å². The molecule has 0 aliphatic rings. The van der Waals surface area contributed by atoms with Crippen molar-refractivity contribution in [3.8, 4) is 0 Å². The zero-order chi connectivity index (χ0) is 39.3. The fraction of sp³-hybridized carbons (Fsp3) is 0.381. The molecular weight excluding hydrogens is 700 g/mol. The summed E-state index contributed by atoms with van der Waals surface area (Å²) in [6.45, 7) is 5.16. The van der Waals surface area contributed by atoms with Crippen LogP contribution < -0.4 is 16.1 Å². The van der Waals surface area contributed by atoms with Crippen LogP contribution in [0.3, 0.4) is 0 Å². The van der Waals surface area contributed by atoms with Crippen LogP contribution in [-0.2, 0) is 46.6 Å². The van der Waals surface area contributed by atoms with Crippen LogP contribution in [0, 0.1) is 11.8 Å². The number of anilines is 1. The van der Waals surface area contributed by atoms with E-state index in [9.17, 15) is 24.0 Å². The number of nitrogens with one attached hydrogen (secondary N) is 3. The lowest BCUT2D eigenvalue weighted by Gasteiger charge is -2.19. The van der Waals surface area contributed by atoms with Gasteiger partial charge >= 0.3 is 5.97 Å². The van der Waals surface area contributed by atoms with Crippen LogP contribution in [0.25, 0.3) is 10.8 Å². The molecule has 0 aliphatic heterocycles. The number of fused-ring (bicyclic) bond motifs is 1. The van der Waals surface area contributed by atoms with Crippen molar-refractivity contribution < 1.29 is 33.4 Å². The molecule has 0 saturated heterocycles. The largest absolute Gasteiger partial charge is 0.461 e. The molecule has 3 aromatic carbocycles. The highest BCUT2D eigenvalue weighted by Crippen LogP contribution is 2.21. The molecule has 1 aromatic heterocycles. The maximum atomic E-state index is 13.4. The van der Waals surface area contributed by atoms with E-state index in [4.69, 9.17) is 9.47 Å². The summed E-state index contributed by atoms with van der Waals surface area (Å²) >= 11 is 0. The number of ether oxygens (including phenoxy) is 2. The lowest BCUT2D eigenvalue weighted by Crippen LogP contribution is -2.34. The van der Waals surface area contributed by atoms with Gasteiger partial charge in [-0.05, 0) is 42.9 Å². The highest BCUT2D eigenvalue weighted by atomic mass is 16.5. The summed E-state index contributed by atoms with van der Waals surface area (Å²) in [5, 5.41) is 19.9. The Kier molecular flexibility index (Phi) is 17.6. The fourth-order valence-corrected chi connectivity index (χ4v) is 5.76. The Morgan fingerprint density at radius 2 is 1.60 bits per heavy atom. The van der Waals surface area contributed by atoms with E-state index < -0.39 is 17.8 Å². The Morgan fingerprint density at radius 3 is 2.36 bits per heavy atom. The van der Waals surface area contributed by atoms with Gasteiger partial charge in [-0.2, -0.15) is 10.2 Å². The number of hydrogen-bond donors (Lipinski definition) is 3. The smallest absolute Gasteiger partial charge is 0.306 e. The summed E-state index contributed by atoms with van der Waals surface area (Å²) in [7, 11) is 0. The Bertz CT molecular complexity index is 1880. The number of hydrogen-bond acceptors (Lipinski definition) is 11. The van der Waals surface area contributed by atoms with E-state index in [1.807, 2.05) is 85.8 Å². The SMILES string of the molecule is CCCOCCCNC(=O)C(CCC(=O)C(CC(C)=O)CC(=O)NCc1ccc(C=NNc2nncc3ccccc23)cc1)CC(=O)OCc1ccccc1. The van der Waals surface area contributed by atoms with E-state index in [1.165, 1.54) is 6.92 Å². The van der Waals surface area contributed by atoms with Gasteiger partial charge in [-0.3, -0.25) is 24.6 Å². The van der Waals surface area contributed by atoms with Crippen molar-refractivity contribution >= 4 is 52.2 Å². The molecule has 1 heterocycles. The molecule has 0 spiro atoms. The zero-order valence-corrected chi connectivity index (χ0v) is 31.5. The second kappa shape index (κ2) is 23.1. The molecule has 4 aromatic rings. The first-order valence-corrected chi connectivity index (χ1v) is 18.6. The first-order chi connectivity index (χ1) is 26.7. The number of hydrazone groups is 1. The molecule has 4 rings (SSSR count). The van der Waals surface area contributed by atoms with E-state index >= 15 is 0 Å². The minimum atomic E-state index is -0.862. The lowest BCUT2D eigenvalue weighted by molar-refractivity contribution is -0.148. The van der Waals surface area contributed by atoms with Crippen LogP contribution in [0.15, 0.2) is 90.2 Å². The molecule has 13 nitrogen and oxygen atoms in total. The first-order valence-electron chi connectivity index (χ1n) is 18.6. The summed E-state index contributed by atoms with van der Waals surface area (Å²) < 4.78 is 10.9. The number of amides is 2. The van der Waals surface area contributed by atoms with E-state index in [0.29, 0.717) is 32.0 Å². The first kappa shape index (κ1) is 41.9. The van der Waals surface area contributed by atoms with Crippen molar-refractivity contribution in [1.29, 1.82) is 0 Å². The predicted octanol–water partition coefficient (Wildman–Crippen LogP) is 5.71. The van der Waals surface area contributed by atoms with Crippen molar-refractivity contribution in [2.75, 3.05) is 25.2 Å². The third kappa shape index (κ3) is 15.2.